The molecule has 2 aromatic heterocycles. The van der Waals surface area contributed by atoms with E-state index in [1.807, 2.05) is 6.07 Å². The summed E-state index contributed by atoms with van der Waals surface area (Å²) in [5, 5.41) is 8.69. The van der Waals surface area contributed by atoms with Crippen LogP contribution in [0.5, 0.6) is 0 Å². The molecular weight excluding hydrogens is 323 g/mol. The number of alkyl halides is 3. The average molecular weight is 341 g/mol. The number of halogens is 3. The van der Waals surface area contributed by atoms with Gasteiger partial charge in [-0.25, -0.2) is 4.98 Å². The second kappa shape index (κ2) is 8.23. The van der Waals surface area contributed by atoms with Crippen LogP contribution in [0.25, 0.3) is 0 Å². The van der Waals surface area contributed by atoms with E-state index in [0.29, 0.717) is 19.0 Å². The Bertz CT molecular complexity index is 655. The second-order valence-corrected chi connectivity index (χ2v) is 4.76. The molecule has 0 aliphatic rings. The van der Waals surface area contributed by atoms with E-state index in [-0.39, 0.29) is 12.4 Å². The Labute approximate surface area is 137 Å². The summed E-state index contributed by atoms with van der Waals surface area (Å²) < 4.78 is 43.7. The lowest BCUT2D eigenvalue weighted by atomic mass is 10.2. The van der Waals surface area contributed by atoms with Crippen molar-refractivity contribution in [2.75, 3.05) is 25.5 Å². The van der Waals surface area contributed by atoms with Gasteiger partial charge in [-0.1, -0.05) is 0 Å². The van der Waals surface area contributed by atoms with E-state index in [9.17, 15) is 13.2 Å². The highest BCUT2D eigenvalue weighted by molar-refractivity contribution is 5.79. The SMILES string of the molecule is CN=C(NCCNc1ncccc1C(F)(F)F)NCc1ccco1. The zero-order valence-corrected chi connectivity index (χ0v) is 13.0. The molecule has 0 amide bonds. The van der Waals surface area contributed by atoms with Crippen molar-refractivity contribution in [2.45, 2.75) is 12.7 Å². The highest BCUT2D eigenvalue weighted by Crippen LogP contribution is 2.33. The fourth-order valence-electron chi connectivity index (χ4n) is 1.94. The van der Waals surface area contributed by atoms with Crippen LogP contribution in [0.3, 0.4) is 0 Å². The maximum absolute atomic E-state index is 12.8. The molecule has 0 saturated carbocycles. The van der Waals surface area contributed by atoms with Crippen molar-refractivity contribution in [3.8, 4) is 0 Å². The molecule has 0 aromatic carbocycles. The number of hydrogen-bond acceptors (Lipinski definition) is 4. The van der Waals surface area contributed by atoms with Gasteiger partial charge in [0.05, 0.1) is 18.4 Å². The topological polar surface area (TPSA) is 74.5 Å². The molecule has 9 heteroatoms. The van der Waals surface area contributed by atoms with Crippen LogP contribution in [-0.4, -0.2) is 31.1 Å². The van der Waals surface area contributed by atoms with Gasteiger partial charge in [-0.15, -0.1) is 0 Å². The maximum atomic E-state index is 12.8. The van der Waals surface area contributed by atoms with Gasteiger partial charge in [-0.05, 0) is 24.3 Å². The van der Waals surface area contributed by atoms with E-state index in [4.69, 9.17) is 4.42 Å². The molecule has 0 bridgehead atoms. The molecule has 0 aliphatic heterocycles. The van der Waals surface area contributed by atoms with Crippen LogP contribution in [0.15, 0.2) is 46.1 Å². The summed E-state index contributed by atoms with van der Waals surface area (Å²) in [6.07, 6.45) is -1.55. The third-order valence-corrected chi connectivity index (χ3v) is 3.06. The number of guanidine groups is 1. The summed E-state index contributed by atoms with van der Waals surface area (Å²) in [6.45, 7) is 1.08. The molecule has 2 heterocycles. The minimum absolute atomic E-state index is 0.190. The van der Waals surface area contributed by atoms with Crippen LogP contribution in [0.4, 0.5) is 19.0 Å². The quantitative estimate of drug-likeness (QED) is 0.428. The Morgan fingerprint density at radius 3 is 2.71 bits per heavy atom. The molecule has 0 fully saturated rings. The number of hydrogen-bond donors (Lipinski definition) is 3. The molecule has 0 atom stereocenters. The zero-order chi connectivity index (χ0) is 17.4. The number of aliphatic imine (C=N–C) groups is 1. The Hall–Kier alpha value is -2.71. The first-order chi connectivity index (χ1) is 11.5. The van der Waals surface area contributed by atoms with Crippen molar-refractivity contribution in [3.05, 3.63) is 48.0 Å². The Balaban J connectivity index is 1.78. The predicted octanol–water partition coefficient (Wildman–Crippen LogP) is 2.47. The summed E-state index contributed by atoms with van der Waals surface area (Å²) in [5.74, 6) is 1.08. The Morgan fingerprint density at radius 2 is 2.04 bits per heavy atom. The molecule has 0 radical (unpaired) electrons. The van der Waals surface area contributed by atoms with Crippen molar-refractivity contribution in [1.82, 2.24) is 15.6 Å². The van der Waals surface area contributed by atoms with Gasteiger partial charge in [0.1, 0.15) is 11.6 Å². The van der Waals surface area contributed by atoms with Gasteiger partial charge in [0, 0.05) is 26.3 Å². The highest BCUT2D eigenvalue weighted by Gasteiger charge is 2.33. The van der Waals surface area contributed by atoms with Gasteiger partial charge in [0.25, 0.3) is 0 Å². The number of rotatable bonds is 6. The predicted molar refractivity (Wildman–Crippen MR) is 84.6 cm³/mol. The van der Waals surface area contributed by atoms with E-state index in [0.717, 1.165) is 11.8 Å². The third-order valence-electron chi connectivity index (χ3n) is 3.06. The third kappa shape index (κ3) is 5.18. The summed E-state index contributed by atoms with van der Waals surface area (Å²) in [6, 6.07) is 5.85. The van der Waals surface area contributed by atoms with Gasteiger partial charge in [-0.3, -0.25) is 4.99 Å². The number of pyridine rings is 1. The molecule has 2 rings (SSSR count). The number of aromatic nitrogens is 1. The van der Waals surface area contributed by atoms with Crippen molar-refractivity contribution < 1.29 is 17.6 Å². The normalized spacial score (nSPS) is 12.1. The minimum atomic E-state index is -4.44. The molecule has 0 spiro atoms. The van der Waals surface area contributed by atoms with Crippen LogP contribution in [-0.2, 0) is 12.7 Å². The van der Waals surface area contributed by atoms with E-state index < -0.39 is 11.7 Å². The summed E-state index contributed by atoms with van der Waals surface area (Å²) >= 11 is 0. The summed E-state index contributed by atoms with van der Waals surface area (Å²) in [5.41, 5.74) is -0.787. The number of furan rings is 1. The first-order valence-corrected chi connectivity index (χ1v) is 7.23. The molecule has 0 unspecified atom stereocenters. The molecular formula is C15H18F3N5O. The second-order valence-electron chi connectivity index (χ2n) is 4.76. The van der Waals surface area contributed by atoms with Crippen molar-refractivity contribution in [1.29, 1.82) is 0 Å². The largest absolute Gasteiger partial charge is 0.467 e. The van der Waals surface area contributed by atoms with Crippen molar-refractivity contribution >= 4 is 11.8 Å². The molecule has 2 aromatic rings. The van der Waals surface area contributed by atoms with Gasteiger partial charge in [0.15, 0.2) is 5.96 Å². The smallest absolute Gasteiger partial charge is 0.419 e. The molecule has 3 N–H and O–H groups in total. The lowest BCUT2D eigenvalue weighted by Gasteiger charge is -2.14. The van der Waals surface area contributed by atoms with Crippen LogP contribution in [0.2, 0.25) is 0 Å². The molecule has 0 saturated heterocycles. The van der Waals surface area contributed by atoms with E-state index in [1.165, 1.54) is 12.3 Å². The minimum Gasteiger partial charge on any atom is -0.467 e. The van der Waals surface area contributed by atoms with E-state index in [2.05, 4.69) is 25.9 Å². The fraction of sp³-hybridized carbons (Fsp3) is 0.333. The van der Waals surface area contributed by atoms with E-state index in [1.54, 1.807) is 19.4 Å². The lowest BCUT2D eigenvalue weighted by molar-refractivity contribution is -0.137. The van der Waals surface area contributed by atoms with Gasteiger partial charge in [-0.2, -0.15) is 13.2 Å². The number of nitrogens with one attached hydrogen (secondary N) is 3. The molecule has 0 aliphatic carbocycles. The molecule has 6 nitrogen and oxygen atoms in total. The van der Waals surface area contributed by atoms with Crippen molar-refractivity contribution in [3.63, 3.8) is 0 Å². The summed E-state index contributed by atoms with van der Waals surface area (Å²) in [7, 11) is 1.60. The first-order valence-electron chi connectivity index (χ1n) is 7.23. The van der Waals surface area contributed by atoms with Gasteiger partial charge in [0.2, 0.25) is 0 Å². The standard InChI is InChI=1S/C15H18F3N5O/c1-19-14(23-10-11-4-3-9-24-11)22-8-7-21-13-12(15(16,17)18)5-2-6-20-13/h2-6,9H,7-8,10H2,1H3,(H,20,21)(H2,19,22,23). The fourth-order valence-corrected chi connectivity index (χ4v) is 1.94. The van der Waals surface area contributed by atoms with Crippen molar-refractivity contribution in [2.24, 2.45) is 4.99 Å². The Morgan fingerprint density at radius 1 is 1.21 bits per heavy atom. The van der Waals surface area contributed by atoms with Crippen LogP contribution in [0.1, 0.15) is 11.3 Å². The Kier molecular flexibility index (Phi) is 6.05. The average Bonchev–Trinajstić information content (AvgIpc) is 3.07. The lowest BCUT2D eigenvalue weighted by Crippen LogP contribution is -2.39. The molecule has 130 valence electrons. The summed E-state index contributed by atoms with van der Waals surface area (Å²) in [4.78, 5) is 7.75. The first kappa shape index (κ1) is 17.6. The van der Waals surface area contributed by atoms with Crippen LogP contribution >= 0.6 is 0 Å². The number of nitrogens with zero attached hydrogens (tertiary/aromatic N) is 2. The van der Waals surface area contributed by atoms with Crippen LogP contribution < -0.4 is 16.0 Å². The maximum Gasteiger partial charge on any atom is 0.419 e. The van der Waals surface area contributed by atoms with Crippen LogP contribution in [0, 0.1) is 0 Å². The van der Waals surface area contributed by atoms with E-state index >= 15 is 0 Å². The highest BCUT2D eigenvalue weighted by atomic mass is 19.4. The van der Waals surface area contributed by atoms with Gasteiger partial charge >= 0.3 is 6.18 Å². The number of anilines is 1. The van der Waals surface area contributed by atoms with Gasteiger partial charge < -0.3 is 20.4 Å². The monoisotopic (exact) mass is 341 g/mol. The zero-order valence-electron chi connectivity index (χ0n) is 13.0. The molecule has 24 heavy (non-hydrogen) atoms.